The van der Waals surface area contributed by atoms with Gasteiger partial charge in [0, 0.05) is 5.56 Å². The number of unbranched alkanes of at least 4 members (excludes halogenated alkanes) is 2. The molecule has 1 rings (SSSR count). The number of carbonyl (C=O) groups excluding carboxylic acids is 1. The molecule has 0 saturated carbocycles. The Balaban J connectivity index is 2.20. The molecule has 1 amide bonds. The lowest BCUT2D eigenvalue weighted by Crippen LogP contribution is -2.24. The second-order valence-electron chi connectivity index (χ2n) is 3.35. The van der Waals surface area contributed by atoms with Crippen LogP contribution in [0.25, 0.3) is 0 Å². The van der Waals surface area contributed by atoms with Crippen molar-refractivity contribution in [3.8, 4) is 0 Å². The molecule has 0 aliphatic rings. The molecule has 0 radical (unpaired) electrons. The summed E-state index contributed by atoms with van der Waals surface area (Å²) < 4.78 is 0. The van der Waals surface area contributed by atoms with E-state index in [1.807, 2.05) is 18.2 Å². The SMILES string of the molecule is CCCCCONC(=O)c1ccccc1. The monoisotopic (exact) mass is 207 g/mol. The van der Waals surface area contributed by atoms with Gasteiger partial charge in [-0.15, -0.1) is 0 Å². The molecular weight excluding hydrogens is 190 g/mol. The molecule has 15 heavy (non-hydrogen) atoms. The van der Waals surface area contributed by atoms with Gasteiger partial charge in [0.05, 0.1) is 6.61 Å². The maximum Gasteiger partial charge on any atom is 0.274 e. The largest absolute Gasteiger partial charge is 0.274 e. The minimum absolute atomic E-state index is 0.188. The lowest BCUT2D eigenvalue weighted by molar-refractivity contribution is 0.0298. The first-order valence-electron chi connectivity index (χ1n) is 5.31. The number of rotatable bonds is 6. The van der Waals surface area contributed by atoms with Gasteiger partial charge in [0.15, 0.2) is 0 Å². The van der Waals surface area contributed by atoms with Crippen LogP contribution in [0.4, 0.5) is 0 Å². The van der Waals surface area contributed by atoms with E-state index >= 15 is 0 Å². The third-order valence-electron chi connectivity index (χ3n) is 2.05. The molecule has 0 aliphatic heterocycles. The Morgan fingerprint density at radius 2 is 2.00 bits per heavy atom. The predicted octanol–water partition coefficient (Wildman–Crippen LogP) is 2.54. The van der Waals surface area contributed by atoms with Crippen molar-refractivity contribution in [2.45, 2.75) is 26.2 Å². The van der Waals surface area contributed by atoms with Crippen LogP contribution < -0.4 is 5.48 Å². The third kappa shape index (κ3) is 4.61. The van der Waals surface area contributed by atoms with Gasteiger partial charge in [-0.05, 0) is 18.6 Å². The van der Waals surface area contributed by atoms with E-state index in [-0.39, 0.29) is 5.91 Å². The molecule has 1 aromatic rings. The predicted molar refractivity (Wildman–Crippen MR) is 59.4 cm³/mol. The van der Waals surface area contributed by atoms with Crippen LogP contribution in [-0.4, -0.2) is 12.5 Å². The van der Waals surface area contributed by atoms with E-state index in [4.69, 9.17) is 4.84 Å². The zero-order chi connectivity index (χ0) is 10.9. The molecule has 0 atom stereocenters. The Morgan fingerprint density at radius 3 is 2.67 bits per heavy atom. The van der Waals surface area contributed by atoms with Crippen molar-refractivity contribution in [1.82, 2.24) is 5.48 Å². The Labute approximate surface area is 90.4 Å². The van der Waals surface area contributed by atoms with Crippen LogP contribution in [-0.2, 0) is 4.84 Å². The number of hydrogen-bond donors (Lipinski definition) is 1. The highest BCUT2D eigenvalue weighted by Gasteiger charge is 2.02. The first kappa shape index (κ1) is 11.7. The van der Waals surface area contributed by atoms with Crippen LogP contribution in [0.15, 0.2) is 30.3 Å². The van der Waals surface area contributed by atoms with E-state index in [9.17, 15) is 4.79 Å². The fraction of sp³-hybridized carbons (Fsp3) is 0.417. The number of hydroxylamine groups is 1. The van der Waals surface area contributed by atoms with Crippen molar-refractivity contribution < 1.29 is 9.63 Å². The van der Waals surface area contributed by atoms with Crippen molar-refractivity contribution in [2.75, 3.05) is 6.61 Å². The highest BCUT2D eigenvalue weighted by molar-refractivity contribution is 5.93. The maximum atomic E-state index is 11.4. The van der Waals surface area contributed by atoms with Gasteiger partial charge in [-0.25, -0.2) is 5.48 Å². The number of benzene rings is 1. The van der Waals surface area contributed by atoms with E-state index in [1.165, 1.54) is 0 Å². The first-order valence-corrected chi connectivity index (χ1v) is 5.31. The maximum absolute atomic E-state index is 11.4. The van der Waals surface area contributed by atoms with Crippen molar-refractivity contribution >= 4 is 5.91 Å². The van der Waals surface area contributed by atoms with Gasteiger partial charge >= 0.3 is 0 Å². The van der Waals surface area contributed by atoms with Crippen LogP contribution in [0.3, 0.4) is 0 Å². The van der Waals surface area contributed by atoms with Crippen LogP contribution in [0.2, 0.25) is 0 Å². The minimum Gasteiger partial charge on any atom is -0.273 e. The number of amides is 1. The Hall–Kier alpha value is -1.35. The van der Waals surface area contributed by atoms with Gasteiger partial charge in [-0.2, -0.15) is 0 Å². The molecule has 82 valence electrons. The van der Waals surface area contributed by atoms with Crippen LogP contribution >= 0.6 is 0 Å². The van der Waals surface area contributed by atoms with E-state index < -0.39 is 0 Å². The molecule has 1 aromatic carbocycles. The number of nitrogens with one attached hydrogen (secondary N) is 1. The molecule has 0 aliphatic carbocycles. The zero-order valence-corrected chi connectivity index (χ0v) is 9.03. The average molecular weight is 207 g/mol. The van der Waals surface area contributed by atoms with Gasteiger partial charge in [0.1, 0.15) is 0 Å². The van der Waals surface area contributed by atoms with Gasteiger partial charge in [0.25, 0.3) is 5.91 Å². The summed E-state index contributed by atoms with van der Waals surface area (Å²) in [7, 11) is 0. The minimum atomic E-state index is -0.188. The van der Waals surface area contributed by atoms with Gasteiger partial charge in [-0.3, -0.25) is 9.63 Å². The van der Waals surface area contributed by atoms with Crippen molar-refractivity contribution in [3.63, 3.8) is 0 Å². The average Bonchev–Trinajstić information content (AvgIpc) is 2.30. The summed E-state index contributed by atoms with van der Waals surface area (Å²) in [6, 6.07) is 9.03. The molecule has 0 aromatic heterocycles. The molecule has 3 heteroatoms. The number of carbonyl (C=O) groups is 1. The summed E-state index contributed by atoms with van der Waals surface area (Å²) >= 11 is 0. The second kappa shape index (κ2) is 7.01. The molecule has 0 fully saturated rings. The Bertz CT molecular complexity index is 285. The molecule has 1 N–H and O–H groups in total. The van der Waals surface area contributed by atoms with Crippen LogP contribution in [0, 0.1) is 0 Å². The summed E-state index contributed by atoms with van der Waals surface area (Å²) in [5, 5.41) is 0. The highest BCUT2D eigenvalue weighted by atomic mass is 16.6. The summed E-state index contributed by atoms with van der Waals surface area (Å²) in [6.07, 6.45) is 3.25. The third-order valence-corrected chi connectivity index (χ3v) is 2.05. The topological polar surface area (TPSA) is 38.3 Å². The van der Waals surface area contributed by atoms with E-state index in [0.29, 0.717) is 12.2 Å². The Morgan fingerprint density at radius 1 is 1.27 bits per heavy atom. The van der Waals surface area contributed by atoms with Crippen LogP contribution in [0.5, 0.6) is 0 Å². The lowest BCUT2D eigenvalue weighted by Gasteiger charge is -2.04. The summed E-state index contributed by atoms with van der Waals surface area (Å²) in [5.41, 5.74) is 3.04. The number of hydrogen-bond acceptors (Lipinski definition) is 2. The molecule has 0 spiro atoms. The molecule has 3 nitrogen and oxygen atoms in total. The van der Waals surface area contributed by atoms with Gasteiger partial charge in [0.2, 0.25) is 0 Å². The lowest BCUT2D eigenvalue weighted by atomic mass is 10.2. The fourth-order valence-corrected chi connectivity index (χ4v) is 1.19. The first-order chi connectivity index (χ1) is 7.34. The smallest absolute Gasteiger partial charge is 0.273 e. The van der Waals surface area contributed by atoms with Crippen molar-refractivity contribution in [3.05, 3.63) is 35.9 Å². The fourth-order valence-electron chi connectivity index (χ4n) is 1.19. The second-order valence-corrected chi connectivity index (χ2v) is 3.35. The molecule has 0 heterocycles. The normalized spacial score (nSPS) is 9.93. The molecule has 0 unspecified atom stereocenters. The standard InChI is InChI=1S/C12H17NO2/c1-2-3-7-10-15-13-12(14)11-8-5-4-6-9-11/h4-6,8-9H,2-3,7,10H2,1H3,(H,13,14). The van der Waals surface area contributed by atoms with E-state index in [1.54, 1.807) is 12.1 Å². The molecular formula is C12H17NO2. The van der Waals surface area contributed by atoms with Crippen molar-refractivity contribution in [1.29, 1.82) is 0 Å². The van der Waals surface area contributed by atoms with Crippen LogP contribution in [0.1, 0.15) is 36.5 Å². The van der Waals surface area contributed by atoms with Crippen molar-refractivity contribution in [2.24, 2.45) is 0 Å². The Kier molecular flexibility index (Phi) is 5.48. The van der Waals surface area contributed by atoms with E-state index in [0.717, 1.165) is 19.3 Å². The molecule has 0 bridgehead atoms. The quantitative estimate of drug-likeness (QED) is 0.575. The van der Waals surface area contributed by atoms with Gasteiger partial charge < -0.3 is 0 Å². The molecule has 0 saturated heterocycles. The summed E-state index contributed by atoms with van der Waals surface area (Å²) in [5.74, 6) is -0.188. The van der Waals surface area contributed by atoms with E-state index in [2.05, 4.69) is 12.4 Å². The summed E-state index contributed by atoms with van der Waals surface area (Å²) in [6.45, 7) is 2.70. The zero-order valence-electron chi connectivity index (χ0n) is 9.03. The van der Waals surface area contributed by atoms with Gasteiger partial charge in [-0.1, -0.05) is 38.0 Å². The highest BCUT2D eigenvalue weighted by Crippen LogP contribution is 1.98. The summed E-state index contributed by atoms with van der Waals surface area (Å²) in [4.78, 5) is 16.5.